The number of alkyl halides is 3. The van der Waals surface area contributed by atoms with Crippen molar-refractivity contribution in [1.82, 2.24) is 4.90 Å². The molecule has 3 aromatic rings. The van der Waals surface area contributed by atoms with Gasteiger partial charge in [-0.15, -0.1) is 11.3 Å². The van der Waals surface area contributed by atoms with Gasteiger partial charge in [-0.2, -0.15) is 13.2 Å². The third kappa shape index (κ3) is 5.45. The number of hydrogen-bond donors (Lipinski definition) is 1. The second-order valence-electron chi connectivity index (χ2n) is 8.56. The van der Waals surface area contributed by atoms with Crippen LogP contribution >= 0.6 is 11.3 Å². The Kier molecular flexibility index (Phi) is 7.00. The van der Waals surface area contributed by atoms with Gasteiger partial charge in [0.05, 0.1) is 5.56 Å². The molecular formula is C26H26F3NO3S. The summed E-state index contributed by atoms with van der Waals surface area (Å²) in [4.78, 5) is 15.4. The minimum atomic E-state index is -4.34. The highest BCUT2D eigenvalue weighted by Gasteiger charge is 2.30. The summed E-state index contributed by atoms with van der Waals surface area (Å²) < 4.78 is 44.0. The normalized spacial score (nSPS) is 15.4. The lowest BCUT2D eigenvalue weighted by Gasteiger charge is -2.27. The molecule has 4 nitrogen and oxygen atoms in total. The Balaban J connectivity index is 1.47. The molecule has 1 aromatic heterocycles. The molecule has 1 atom stereocenters. The van der Waals surface area contributed by atoms with Crippen molar-refractivity contribution in [2.75, 3.05) is 19.7 Å². The Morgan fingerprint density at radius 2 is 1.76 bits per heavy atom. The number of fused-ring (bicyclic) bond motifs is 1. The van der Waals surface area contributed by atoms with Gasteiger partial charge in [0.1, 0.15) is 5.75 Å². The van der Waals surface area contributed by atoms with E-state index in [2.05, 4.69) is 24.8 Å². The van der Waals surface area contributed by atoms with Gasteiger partial charge >= 0.3 is 12.1 Å². The van der Waals surface area contributed by atoms with Gasteiger partial charge < -0.3 is 9.84 Å². The van der Waals surface area contributed by atoms with E-state index in [9.17, 15) is 18.0 Å². The fourth-order valence-corrected chi connectivity index (χ4v) is 5.65. The zero-order valence-corrected chi connectivity index (χ0v) is 19.8. The van der Waals surface area contributed by atoms with Gasteiger partial charge in [-0.25, -0.2) is 4.79 Å². The van der Waals surface area contributed by atoms with E-state index >= 15 is 0 Å². The molecule has 180 valence electrons. The monoisotopic (exact) mass is 489 g/mol. The van der Waals surface area contributed by atoms with Crippen LogP contribution in [0.15, 0.2) is 48.5 Å². The largest absolute Gasteiger partial charge is 0.482 e. The Bertz CT molecular complexity index is 1170. The third-order valence-electron chi connectivity index (χ3n) is 6.26. The topological polar surface area (TPSA) is 49.8 Å². The molecule has 8 heteroatoms. The summed E-state index contributed by atoms with van der Waals surface area (Å²) in [6.07, 6.45) is -2.62. The number of ether oxygens (including phenoxy) is 1. The Morgan fingerprint density at radius 1 is 1.09 bits per heavy atom. The SMILES string of the molecule is Cc1cc(-c2ccc(C(F)(F)F)cc2)sc1C(C)N1CCc2ccc(OCC(=O)O)cc2CC1. The minimum Gasteiger partial charge on any atom is -0.482 e. The molecule has 34 heavy (non-hydrogen) atoms. The van der Waals surface area contributed by atoms with Crippen molar-refractivity contribution in [2.24, 2.45) is 0 Å². The molecule has 0 amide bonds. The molecule has 1 N–H and O–H groups in total. The number of carboxylic acid groups (broad SMARTS) is 1. The quantitative estimate of drug-likeness (QED) is 0.437. The second-order valence-corrected chi connectivity index (χ2v) is 9.64. The average Bonchev–Trinajstić information content (AvgIpc) is 3.05. The smallest absolute Gasteiger partial charge is 0.416 e. The molecule has 2 aromatic carbocycles. The highest BCUT2D eigenvalue weighted by Crippen LogP contribution is 2.39. The first kappa shape index (κ1) is 24.3. The first-order chi connectivity index (χ1) is 16.1. The van der Waals surface area contributed by atoms with Crippen LogP contribution in [-0.2, 0) is 23.8 Å². The number of thiophene rings is 1. The molecule has 2 heterocycles. The zero-order valence-electron chi connectivity index (χ0n) is 19.0. The molecule has 1 aliphatic heterocycles. The van der Waals surface area contributed by atoms with Gasteiger partial charge in [-0.1, -0.05) is 18.2 Å². The van der Waals surface area contributed by atoms with Gasteiger partial charge in [0.15, 0.2) is 6.61 Å². The van der Waals surface area contributed by atoms with Gasteiger partial charge in [0.2, 0.25) is 0 Å². The fourth-order valence-electron chi connectivity index (χ4n) is 4.38. The molecule has 0 aliphatic carbocycles. The van der Waals surface area contributed by atoms with Crippen molar-refractivity contribution < 1.29 is 27.8 Å². The van der Waals surface area contributed by atoms with Crippen LogP contribution in [0.1, 0.15) is 40.1 Å². The number of hydrogen-bond acceptors (Lipinski definition) is 4. The highest BCUT2D eigenvalue weighted by atomic mass is 32.1. The maximum absolute atomic E-state index is 12.9. The molecule has 1 aliphatic rings. The van der Waals surface area contributed by atoms with E-state index in [-0.39, 0.29) is 12.6 Å². The molecule has 0 saturated heterocycles. The van der Waals surface area contributed by atoms with Gasteiger partial charge in [0, 0.05) is 28.9 Å². The van der Waals surface area contributed by atoms with Crippen LogP contribution in [0.3, 0.4) is 0 Å². The third-order valence-corrected chi connectivity index (χ3v) is 7.71. The van der Waals surface area contributed by atoms with Gasteiger partial charge in [0.25, 0.3) is 0 Å². The van der Waals surface area contributed by atoms with E-state index in [1.807, 2.05) is 18.2 Å². The molecule has 0 radical (unpaired) electrons. The zero-order chi connectivity index (χ0) is 24.5. The van der Waals surface area contributed by atoms with Crippen LogP contribution in [0, 0.1) is 6.92 Å². The van der Waals surface area contributed by atoms with Crippen molar-refractivity contribution in [2.45, 2.75) is 38.9 Å². The van der Waals surface area contributed by atoms with Crippen LogP contribution in [0.4, 0.5) is 13.2 Å². The molecular weight excluding hydrogens is 463 g/mol. The average molecular weight is 490 g/mol. The van der Waals surface area contributed by atoms with Gasteiger partial charge in [-0.05, 0) is 79.3 Å². The van der Waals surface area contributed by atoms with Crippen molar-refractivity contribution >= 4 is 17.3 Å². The molecule has 0 fully saturated rings. The predicted molar refractivity (Wildman–Crippen MR) is 126 cm³/mol. The number of rotatable bonds is 6. The Hall–Kier alpha value is -2.84. The van der Waals surface area contributed by atoms with Crippen LogP contribution in [-0.4, -0.2) is 35.7 Å². The number of benzene rings is 2. The molecule has 0 saturated carbocycles. The van der Waals surface area contributed by atoms with Crippen LogP contribution in [0.25, 0.3) is 10.4 Å². The summed E-state index contributed by atoms with van der Waals surface area (Å²) in [5.41, 5.74) is 3.70. The van der Waals surface area contributed by atoms with Crippen molar-refractivity contribution in [3.8, 4) is 16.2 Å². The lowest BCUT2D eigenvalue weighted by atomic mass is 10.0. The van der Waals surface area contributed by atoms with E-state index < -0.39 is 17.7 Å². The molecule has 0 bridgehead atoms. The predicted octanol–water partition coefficient (Wildman–Crippen LogP) is 6.37. The summed E-state index contributed by atoms with van der Waals surface area (Å²) in [6, 6.07) is 13.3. The number of aliphatic carboxylic acids is 1. The van der Waals surface area contributed by atoms with Crippen molar-refractivity contribution in [3.05, 3.63) is 75.7 Å². The summed E-state index contributed by atoms with van der Waals surface area (Å²) >= 11 is 1.63. The Labute approximate surface area is 200 Å². The lowest BCUT2D eigenvalue weighted by Crippen LogP contribution is -2.29. The maximum Gasteiger partial charge on any atom is 0.416 e. The number of carboxylic acids is 1. The van der Waals surface area contributed by atoms with Crippen molar-refractivity contribution in [1.29, 1.82) is 0 Å². The van der Waals surface area contributed by atoms with E-state index in [1.165, 1.54) is 28.1 Å². The molecule has 4 rings (SSSR count). The van der Waals surface area contributed by atoms with E-state index in [4.69, 9.17) is 9.84 Å². The van der Waals surface area contributed by atoms with Crippen LogP contribution in [0.2, 0.25) is 0 Å². The summed E-state index contributed by atoms with van der Waals surface area (Å²) in [5, 5.41) is 8.83. The van der Waals surface area contributed by atoms with Crippen LogP contribution < -0.4 is 4.74 Å². The summed E-state index contributed by atoms with van der Waals surface area (Å²) in [7, 11) is 0. The second kappa shape index (κ2) is 9.80. The summed E-state index contributed by atoms with van der Waals surface area (Å²) in [6.45, 7) is 5.60. The number of carbonyl (C=O) groups is 1. The van der Waals surface area contributed by atoms with E-state index in [0.29, 0.717) is 5.75 Å². The number of nitrogens with zero attached hydrogens (tertiary/aromatic N) is 1. The van der Waals surface area contributed by atoms with Gasteiger partial charge in [-0.3, -0.25) is 4.90 Å². The summed E-state index contributed by atoms with van der Waals surface area (Å²) in [5.74, 6) is -0.435. The van der Waals surface area contributed by atoms with Crippen LogP contribution in [0.5, 0.6) is 5.75 Å². The minimum absolute atomic E-state index is 0.172. The first-order valence-electron chi connectivity index (χ1n) is 11.1. The maximum atomic E-state index is 12.9. The van der Waals surface area contributed by atoms with Crippen molar-refractivity contribution in [3.63, 3.8) is 0 Å². The lowest BCUT2D eigenvalue weighted by molar-refractivity contribution is -0.139. The first-order valence-corrected chi connectivity index (χ1v) is 11.9. The number of aryl methyl sites for hydroxylation is 1. The number of halogens is 3. The molecule has 0 spiro atoms. The van der Waals surface area contributed by atoms with E-state index in [0.717, 1.165) is 54.1 Å². The van der Waals surface area contributed by atoms with E-state index in [1.54, 1.807) is 11.3 Å². The molecule has 1 unspecified atom stereocenters. The fraction of sp³-hybridized carbons (Fsp3) is 0.346. The standard InChI is InChI=1S/C26H26F3NO3S/c1-16-13-23(19-3-6-21(7-4-19)26(27,28)29)34-25(16)17(2)30-11-9-18-5-8-22(33-15-24(31)32)14-20(18)10-12-30/h3-8,13-14,17H,9-12,15H2,1-2H3,(H,31,32). The highest BCUT2D eigenvalue weighted by molar-refractivity contribution is 7.15. The Morgan fingerprint density at radius 3 is 2.41 bits per heavy atom.